The molecule has 1 aromatic carbocycles. The minimum Gasteiger partial charge on any atom is -0.396 e. The Hall–Kier alpha value is -1.03. The Morgan fingerprint density at radius 3 is 2.68 bits per heavy atom. The van der Waals surface area contributed by atoms with Crippen LogP contribution in [0.15, 0.2) is 24.3 Å². The molecule has 2 N–H and O–H groups in total. The van der Waals surface area contributed by atoms with Gasteiger partial charge >= 0.3 is 0 Å². The zero-order valence-electron chi connectivity index (χ0n) is 10.9. The van der Waals surface area contributed by atoms with Crippen molar-refractivity contribution in [2.75, 3.05) is 6.61 Å². The molecule has 0 bridgehead atoms. The van der Waals surface area contributed by atoms with Crippen molar-refractivity contribution in [3.8, 4) is 0 Å². The van der Waals surface area contributed by atoms with Gasteiger partial charge in [0.2, 0.25) is 5.91 Å². The topological polar surface area (TPSA) is 49.3 Å². The number of halogens is 2. The monoisotopic (exact) mass is 301 g/mol. The van der Waals surface area contributed by atoms with E-state index in [-0.39, 0.29) is 12.5 Å². The van der Waals surface area contributed by atoms with E-state index >= 15 is 0 Å². The van der Waals surface area contributed by atoms with Gasteiger partial charge in [0.15, 0.2) is 0 Å². The molecule has 1 amide bonds. The molecule has 0 fully saturated rings. The van der Waals surface area contributed by atoms with Crippen molar-refractivity contribution >= 4 is 35.2 Å². The highest BCUT2D eigenvalue weighted by Crippen LogP contribution is 2.21. The number of nitrogens with one attached hydrogen (secondary N) is 1. The second-order valence-corrected chi connectivity index (χ2v) is 5.69. The Kier molecular flexibility index (Phi) is 5.85. The van der Waals surface area contributed by atoms with Crippen LogP contribution in [0.3, 0.4) is 0 Å². The first-order valence-corrected chi connectivity index (χ1v) is 6.66. The minimum atomic E-state index is -0.444. The maximum atomic E-state index is 11.7. The van der Waals surface area contributed by atoms with Gasteiger partial charge in [-0.25, -0.2) is 0 Å². The van der Waals surface area contributed by atoms with Gasteiger partial charge in [-0.1, -0.05) is 29.3 Å². The van der Waals surface area contributed by atoms with Crippen LogP contribution in [0.25, 0.3) is 6.08 Å². The Labute approximate surface area is 123 Å². The van der Waals surface area contributed by atoms with Gasteiger partial charge in [0.05, 0.1) is 0 Å². The highest BCUT2D eigenvalue weighted by molar-refractivity contribution is 6.35. The van der Waals surface area contributed by atoms with E-state index in [1.165, 1.54) is 6.08 Å². The van der Waals surface area contributed by atoms with Gasteiger partial charge in [0.25, 0.3) is 0 Å². The molecule has 19 heavy (non-hydrogen) atoms. The molecule has 0 saturated heterocycles. The molecule has 0 aliphatic rings. The minimum absolute atomic E-state index is 0.0278. The number of aliphatic hydroxyl groups excluding tert-OH is 1. The summed E-state index contributed by atoms with van der Waals surface area (Å²) >= 11 is 11.8. The normalized spacial score (nSPS) is 11.8. The molecule has 3 nitrogen and oxygen atoms in total. The number of amides is 1. The summed E-state index contributed by atoms with van der Waals surface area (Å²) < 4.78 is 0. The van der Waals surface area contributed by atoms with Gasteiger partial charge in [-0.05, 0) is 44.0 Å². The third kappa shape index (κ3) is 5.64. The molecule has 0 saturated carbocycles. The quantitative estimate of drug-likeness (QED) is 0.820. The van der Waals surface area contributed by atoms with Gasteiger partial charge in [-0.15, -0.1) is 0 Å². The van der Waals surface area contributed by atoms with Gasteiger partial charge in [0.1, 0.15) is 0 Å². The lowest BCUT2D eigenvalue weighted by molar-refractivity contribution is -0.118. The lowest BCUT2D eigenvalue weighted by Gasteiger charge is -2.24. The molecule has 0 aliphatic carbocycles. The predicted molar refractivity (Wildman–Crippen MR) is 79.4 cm³/mol. The second kappa shape index (κ2) is 6.94. The van der Waals surface area contributed by atoms with E-state index in [4.69, 9.17) is 28.3 Å². The summed E-state index contributed by atoms with van der Waals surface area (Å²) in [5, 5.41) is 12.7. The number of hydrogen-bond donors (Lipinski definition) is 2. The molecule has 5 heteroatoms. The fourth-order valence-electron chi connectivity index (χ4n) is 1.52. The number of carbonyl (C=O) groups excluding carboxylic acids is 1. The lowest BCUT2D eigenvalue weighted by Crippen LogP contribution is -2.43. The third-order valence-electron chi connectivity index (χ3n) is 2.58. The number of benzene rings is 1. The summed E-state index contributed by atoms with van der Waals surface area (Å²) in [5.41, 5.74) is 0.279. The molecule has 1 rings (SSSR count). The van der Waals surface area contributed by atoms with Crippen LogP contribution in [-0.4, -0.2) is 23.2 Å². The molecule has 0 aromatic heterocycles. The van der Waals surface area contributed by atoms with Gasteiger partial charge in [-0.3, -0.25) is 4.79 Å². The largest absolute Gasteiger partial charge is 0.396 e. The van der Waals surface area contributed by atoms with Crippen LogP contribution in [-0.2, 0) is 4.79 Å². The molecule has 0 atom stereocenters. The molecule has 104 valence electrons. The van der Waals surface area contributed by atoms with E-state index in [0.717, 1.165) is 5.56 Å². The van der Waals surface area contributed by atoms with Crippen molar-refractivity contribution < 1.29 is 9.90 Å². The van der Waals surface area contributed by atoms with Crippen LogP contribution in [0, 0.1) is 0 Å². The van der Waals surface area contributed by atoms with Crippen molar-refractivity contribution in [3.63, 3.8) is 0 Å². The van der Waals surface area contributed by atoms with Crippen LogP contribution >= 0.6 is 23.2 Å². The molecule has 0 spiro atoms. The van der Waals surface area contributed by atoms with Crippen LogP contribution in [0.2, 0.25) is 10.0 Å². The smallest absolute Gasteiger partial charge is 0.244 e. The first kappa shape index (κ1) is 16.0. The first-order valence-electron chi connectivity index (χ1n) is 5.90. The van der Waals surface area contributed by atoms with Crippen LogP contribution in [0.5, 0.6) is 0 Å². The van der Waals surface area contributed by atoms with Gasteiger partial charge < -0.3 is 10.4 Å². The average Bonchev–Trinajstić information content (AvgIpc) is 2.26. The highest BCUT2D eigenvalue weighted by Gasteiger charge is 2.18. The predicted octanol–water partition coefficient (Wildman–Crippen LogP) is 3.28. The number of aliphatic hydroxyl groups is 1. The molecule has 0 radical (unpaired) electrons. The van der Waals surface area contributed by atoms with Crippen molar-refractivity contribution in [1.82, 2.24) is 5.32 Å². The van der Waals surface area contributed by atoms with Crippen molar-refractivity contribution in [3.05, 3.63) is 39.9 Å². The maximum Gasteiger partial charge on any atom is 0.244 e. The van der Waals surface area contributed by atoms with E-state index in [1.807, 2.05) is 13.8 Å². The summed E-state index contributed by atoms with van der Waals surface area (Å²) in [6.07, 6.45) is 3.53. The highest BCUT2D eigenvalue weighted by atomic mass is 35.5. The van der Waals surface area contributed by atoms with E-state index < -0.39 is 5.54 Å². The van der Waals surface area contributed by atoms with E-state index in [2.05, 4.69) is 5.32 Å². The zero-order chi connectivity index (χ0) is 14.5. The van der Waals surface area contributed by atoms with Crippen LogP contribution in [0.4, 0.5) is 0 Å². The summed E-state index contributed by atoms with van der Waals surface area (Å²) in [6.45, 7) is 3.73. The average molecular weight is 302 g/mol. The SMILES string of the molecule is CC(C)(CCO)NC(=O)/C=C/c1ccc(Cl)cc1Cl. The molecule has 1 aromatic rings. The fourth-order valence-corrected chi connectivity index (χ4v) is 1.99. The second-order valence-electron chi connectivity index (χ2n) is 4.85. The summed E-state index contributed by atoms with van der Waals surface area (Å²) in [4.78, 5) is 11.7. The maximum absolute atomic E-state index is 11.7. The van der Waals surface area contributed by atoms with Crippen molar-refractivity contribution in [2.45, 2.75) is 25.8 Å². The molecule has 0 aliphatic heterocycles. The van der Waals surface area contributed by atoms with Gasteiger partial charge in [-0.2, -0.15) is 0 Å². The number of hydrogen-bond acceptors (Lipinski definition) is 2. The van der Waals surface area contributed by atoms with E-state index in [9.17, 15) is 4.79 Å². The number of carbonyl (C=O) groups is 1. The Morgan fingerprint density at radius 2 is 2.11 bits per heavy atom. The molecule has 0 heterocycles. The van der Waals surface area contributed by atoms with Crippen LogP contribution in [0.1, 0.15) is 25.8 Å². The third-order valence-corrected chi connectivity index (χ3v) is 3.14. The fraction of sp³-hybridized carbons (Fsp3) is 0.357. The standard InChI is InChI=1S/C14H17Cl2NO2/c1-14(2,7-8-18)17-13(19)6-4-10-3-5-11(15)9-12(10)16/h3-6,9,18H,7-8H2,1-2H3,(H,17,19)/b6-4+. The van der Waals surface area contributed by atoms with Crippen molar-refractivity contribution in [2.24, 2.45) is 0 Å². The Bertz CT molecular complexity index is 484. The van der Waals surface area contributed by atoms with E-state index in [0.29, 0.717) is 16.5 Å². The Morgan fingerprint density at radius 1 is 1.42 bits per heavy atom. The molecular weight excluding hydrogens is 285 g/mol. The van der Waals surface area contributed by atoms with Gasteiger partial charge in [0, 0.05) is 28.3 Å². The summed E-state index contributed by atoms with van der Waals surface area (Å²) in [6, 6.07) is 5.07. The first-order chi connectivity index (χ1) is 8.84. The Balaban J connectivity index is 2.68. The number of rotatable bonds is 5. The lowest BCUT2D eigenvalue weighted by atomic mass is 10.0. The molecular formula is C14H17Cl2NO2. The summed E-state index contributed by atoms with van der Waals surface area (Å²) in [5.74, 6) is -0.232. The molecule has 0 unspecified atom stereocenters. The van der Waals surface area contributed by atoms with Crippen molar-refractivity contribution in [1.29, 1.82) is 0 Å². The van der Waals surface area contributed by atoms with E-state index in [1.54, 1.807) is 24.3 Å². The van der Waals surface area contributed by atoms with Crippen LogP contribution < -0.4 is 5.32 Å². The zero-order valence-corrected chi connectivity index (χ0v) is 12.4. The summed E-state index contributed by atoms with van der Waals surface area (Å²) in [7, 11) is 0.